The van der Waals surface area contributed by atoms with Crippen LogP contribution in [0.15, 0.2) is 84.9 Å². The molecule has 3 aromatic carbocycles. The van der Waals surface area contributed by atoms with E-state index in [-0.39, 0.29) is 5.69 Å². The van der Waals surface area contributed by atoms with Crippen LogP contribution in [0.4, 0.5) is 5.69 Å². The molecule has 142 valence electrons. The predicted octanol–water partition coefficient (Wildman–Crippen LogP) is 7.30. The van der Waals surface area contributed by atoms with E-state index < -0.39 is 4.92 Å². The van der Waals surface area contributed by atoms with Crippen molar-refractivity contribution in [1.29, 1.82) is 0 Å². The van der Waals surface area contributed by atoms with E-state index in [4.69, 9.17) is 28.2 Å². The molecule has 4 aromatic rings. The van der Waals surface area contributed by atoms with Crippen molar-refractivity contribution < 1.29 is 4.92 Å². The predicted molar refractivity (Wildman–Crippen MR) is 117 cm³/mol. The number of aromatic nitrogens is 1. The van der Waals surface area contributed by atoms with Crippen LogP contribution in [-0.4, -0.2) is 9.91 Å². The van der Waals surface area contributed by atoms with Crippen LogP contribution in [0.1, 0.15) is 0 Å². The highest BCUT2D eigenvalue weighted by molar-refractivity contribution is 6.30. The molecule has 6 heteroatoms. The molecule has 0 amide bonds. The first-order chi connectivity index (χ1) is 14.0. The van der Waals surface area contributed by atoms with Crippen molar-refractivity contribution in [2.75, 3.05) is 0 Å². The molecule has 1 aromatic heterocycles. The number of nitrogens with zero attached hydrogens (tertiary/aromatic N) is 2. The Labute approximate surface area is 177 Å². The Morgan fingerprint density at radius 1 is 0.621 bits per heavy atom. The van der Waals surface area contributed by atoms with Crippen LogP contribution in [0, 0.1) is 10.1 Å². The summed E-state index contributed by atoms with van der Waals surface area (Å²) in [5, 5.41) is 12.3. The number of hydrogen-bond donors (Lipinski definition) is 0. The van der Waals surface area contributed by atoms with Gasteiger partial charge in [0.15, 0.2) is 0 Å². The molecule has 0 fully saturated rings. The summed E-state index contributed by atoms with van der Waals surface area (Å²) in [4.78, 5) is 15.4. The molecule has 4 rings (SSSR count). The first-order valence-corrected chi connectivity index (χ1v) is 9.54. The molecule has 0 unspecified atom stereocenters. The third kappa shape index (κ3) is 4.29. The molecule has 0 radical (unpaired) electrons. The fraction of sp³-hybridized carbons (Fsp3) is 0. The van der Waals surface area contributed by atoms with Crippen molar-refractivity contribution >= 4 is 28.9 Å². The molecule has 0 N–H and O–H groups in total. The quantitative estimate of drug-likeness (QED) is 0.257. The maximum Gasteiger partial charge on any atom is 0.269 e. The van der Waals surface area contributed by atoms with E-state index in [1.54, 1.807) is 12.1 Å². The molecule has 29 heavy (non-hydrogen) atoms. The lowest BCUT2D eigenvalue weighted by atomic mass is 10.00. The second-order valence-corrected chi connectivity index (χ2v) is 7.32. The van der Waals surface area contributed by atoms with Crippen LogP contribution >= 0.6 is 23.2 Å². The first kappa shape index (κ1) is 19.1. The van der Waals surface area contributed by atoms with E-state index >= 15 is 0 Å². The maximum atomic E-state index is 11.0. The van der Waals surface area contributed by atoms with Gasteiger partial charge in [0.1, 0.15) is 0 Å². The third-order valence-corrected chi connectivity index (χ3v) is 5.02. The lowest BCUT2D eigenvalue weighted by molar-refractivity contribution is -0.384. The second-order valence-electron chi connectivity index (χ2n) is 6.44. The number of nitro groups is 1. The van der Waals surface area contributed by atoms with E-state index in [1.165, 1.54) is 12.1 Å². The van der Waals surface area contributed by atoms with Crippen LogP contribution < -0.4 is 0 Å². The molecule has 0 spiro atoms. The Balaban J connectivity index is 1.86. The van der Waals surface area contributed by atoms with Gasteiger partial charge in [-0.2, -0.15) is 0 Å². The molecular weight excluding hydrogens is 407 g/mol. The van der Waals surface area contributed by atoms with E-state index in [9.17, 15) is 10.1 Å². The summed E-state index contributed by atoms with van der Waals surface area (Å²) in [6, 6.07) is 25.3. The zero-order valence-corrected chi connectivity index (χ0v) is 16.6. The fourth-order valence-corrected chi connectivity index (χ4v) is 3.26. The SMILES string of the molecule is O=[N+]([O-])c1ccc(-c2cc(-c3ccc(Cl)cc3)nc(-c3ccc(Cl)cc3)c2)cc1. The normalized spacial score (nSPS) is 10.7. The summed E-state index contributed by atoms with van der Waals surface area (Å²) in [6.07, 6.45) is 0. The lowest BCUT2D eigenvalue weighted by Crippen LogP contribution is -1.92. The van der Waals surface area contributed by atoms with Crippen molar-refractivity contribution in [1.82, 2.24) is 4.98 Å². The van der Waals surface area contributed by atoms with Gasteiger partial charge in [-0.25, -0.2) is 4.98 Å². The van der Waals surface area contributed by atoms with Crippen molar-refractivity contribution in [2.24, 2.45) is 0 Å². The van der Waals surface area contributed by atoms with Gasteiger partial charge < -0.3 is 0 Å². The number of hydrogen-bond acceptors (Lipinski definition) is 3. The van der Waals surface area contributed by atoms with Crippen molar-refractivity contribution in [2.45, 2.75) is 0 Å². The average molecular weight is 421 g/mol. The van der Waals surface area contributed by atoms with Crippen molar-refractivity contribution in [3.05, 3.63) is 105 Å². The maximum absolute atomic E-state index is 11.0. The van der Waals surface area contributed by atoms with Gasteiger partial charge in [-0.15, -0.1) is 0 Å². The smallest absolute Gasteiger partial charge is 0.258 e. The minimum Gasteiger partial charge on any atom is -0.258 e. The number of benzene rings is 3. The number of pyridine rings is 1. The Hall–Kier alpha value is -3.21. The second kappa shape index (κ2) is 8.03. The molecule has 0 atom stereocenters. The number of non-ortho nitro benzene ring substituents is 1. The summed E-state index contributed by atoms with van der Waals surface area (Å²) in [6.45, 7) is 0. The zero-order valence-electron chi connectivity index (χ0n) is 15.0. The summed E-state index contributed by atoms with van der Waals surface area (Å²) < 4.78 is 0. The Morgan fingerprint density at radius 3 is 1.45 bits per heavy atom. The van der Waals surface area contributed by atoms with Crippen LogP contribution in [0.25, 0.3) is 33.6 Å². The van der Waals surface area contributed by atoms with E-state index in [0.717, 1.165) is 33.6 Å². The van der Waals surface area contributed by atoms with E-state index in [2.05, 4.69) is 0 Å². The standard InChI is InChI=1S/C23H14Cl2N2O2/c24-19-7-1-16(2-8-19)22-13-18(15-5-11-21(12-6-15)27(28)29)14-23(26-22)17-3-9-20(25)10-4-17/h1-14H. The third-order valence-electron chi connectivity index (χ3n) is 4.52. The lowest BCUT2D eigenvalue weighted by Gasteiger charge is -2.10. The highest BCUT2D eigenvalue weighted by Gasteiger charge is 2.11. The van der Waals surface area contributed by atoms with Gasteiger partial charge in [-0.05, 0) is 59.7 Å². The van der Waals surface area contributed by atoms with Crippen molar-refractivity contribution in [3.63, 3.8) is 0 Å². The van der Waals surface area contributed by atoms with Gasteiger partial charge in [-0.1, -0.05) is 47.5 Å². The van der Waals surface area contributed by atoms with Gasteiger partial charge in [0.05, 0.1) is 16.3 Å². The van der Waals surface area contributed by atoms with Gasteiger partial charge in [-0.3, -0.25) is 10.1 Å². The highest BCUT2D eigenvalue weighted by Crippen LogP contribution is 2.31. The first-order valence-electron chi connectivity index (χ1n) is 8.78. The molecule has 4 nitrogen and oxygen atoms in total. The zero-order chi connectivity index (χ0) is 20.4. The summed E-state index contributed by atoms with van der Waals surface area (Å²) in [7, 11) is 0. The molecular formula is C23H14Cl2N2O2. The van der Waals surface area contributed by atoms with Crippen molar-refractivity contribution in [3.8, 4) is 33.6 Å². The Morgan fingerprint density at radius 2 is 1.03 bits per heavy atom. The molecule has 0 bridgehead atoms. The van der Waals surface area contributed by atoms with Crippen LogP contribution in [0.2, 0.25) is 10.0 Å². The summed E-state index contributed by atoms with van der Waals surface area (Å²) in [5.74, 6) is 0. The molecule has 0 aliphatic heterocycles. The topological polar surface area (TPSA) is 56.0 Å². The average Bonchev–Trinajstić information content (AvgIpc) is 2.74. The van der Waals surface area contributed by atoms with Crippen LogP contribution in [0.5, 0.6) is 0 Å². The molecule has 0 aliphatic carbocycles. The summed E-state index contributed by atoms with van der Waals surface area (Å²) in [5.41, 5.74) is 5.23. The van der Waals surface area contributed by atoms with Crippen LogP contribution in [0.3, 0.4) is 0 Å². The monoisotopic (exact) mass is 420 g/mol. The number of halogens is 2. The molecule has 0 saturated carbocycles. The number of nitro benzene ring substituents is 1. The molecule has 0 aliphatic rings. The minimum atomic E-state index is -0.408. The minimum absolute atomic E-state index is 0.0543. The fourth-order valence-electron chi connectivity index (χ4n) is 3.01. The molecule has 0 saturated heterocycles. The van der Waals surface area contributed by atoms with Gasteiger partial charge in [0.2, 0.25) is 0 Å². The molecule has 1 heterocycles. The van der Waals surface area contributed by atoms with Crippen LogP contribution in [-0.2, 0) is 0 Å². The van der Waals surface area contributed by atoms with Gasteiger partial charge in [0.25, 0.3) is 5.69 Å². The Bertz CT molecular complexity index is 1110. The summed E-state index contributed by atoms with van der Waals surface area (Å²) >= 11 is 12.0. The Kier molecular flexibility index (Phi) is 5.30. The largest absolute Gasteiger partial charge is 0.269 e. The van der Waals surface area contributed by atoms with E-state index in [1.807, 2.05) is 60.7 Å². The van der Waals surface area contributed by atoms with Gasteiger partial charge in [0, 0.05) is 33.3 Å². The number of rotatable bonds is 4. The highest BCUT2D eigenvalue weighted by atomic mass is 35.5. The van der Waals surface area contributed by atoms with E-state index in [0.29, 0.717) is 10.0 Å². The van der Waals surface area contributed by atoms with Gasteiger partial charge >= 0.3 is 0 Å².